The Labute approximate surface area is 393 Å². The Morgan fingerprint density at radius 3 is 1.77 bits per heavy atom. The maximum absolute atomic E-state index is 14.4. The van der Waals surface area contributed by atoms with E-state index in [1.807, 2.05) is 81.4 Å². The summed E-state index contributed by atoms with van der Waals surface area (Å²) in [6.07, 6.45) is 30.3. The van der Waals surface area contributed by atoms with Crippen LogP contribution in [0.15, 0.2) is 158 Å². The van der Waals surface area contributed by atoms with E-state index >= 15 is 0 Å². The molecule has 352 valence electrons. The molecule has 0 aliphatic rings. The van der Waals surface area contributed by atoms with Gasteiger partial charge in [0.25, 0.3) is 5.91 Å². The molecule has 4 aromatic rings. The van der Waals surface area contributed by atoms with Crippen LogP contribution in [-0.4, -0.2) is 62.8 Å². The lowest BCUT2D eigenvalue weighted by atomic mass is 9.94. The van der Waals surface area contributed by atoms with Gasteiger partial charge in [0, 0.05) is 42.6 Å². The number of aliphatic hydroxyl groups is 2. The smallest absolute Gasteiger partial charge is 0.258 e. The number of allylic oxidation sites excluding steroid dienone is 11. The number of rotatable bonds is 28. The number of halogens is 1. The predicted octanol–water partition coefficient (Wildman–Crippen LogP) is 12.5. The highest BCUT2D eigenvalue weighted by molar-refractivity contribution is 6.12. The Hall–Kier alpha value is -5.87. The average Bonchev–Trinajstić information content (AvgIpc) is 3.66. The van der Waals surface area contributed by atoms with Crippen molar-refractivity contribution in [3.8, 4) is 22.4 Å². The van der Waals surface area contributed by atoms with Crippen molar-refractivity contribution in [3.05, 3.63) is 175 Å². The largest absolute Gasteiger partial charge is 0.393 e. The van der Waals surface area contributed by atoms with Gasteiger partial charge >= 0.3 is 0 Å². The lowest BCUT2D eigenvalue weighted by molar-refractivity contribution is -0.135. The number of benzene rings is 3. The molecule has 0 saturated carbocycles. The summed E-state index contributed by atoms with van der Waals surface area (Å²) in [4.78, 5) is 29.7. The van der Waals surface area contributed by atoms with Gasteiger partial charge in [0.1, 0.15) is 5.82 Å². The quantitative estimate of drug-likeness (QED) is 0.0423. The molecule has 0 bridgehead atoms. The van der Waals surface area contributed by atoms with Crippen LogP contribution in [0, 0.1) is 5.82 Å². The number of aliphatic hydroxyl groups excluding tert-OH is 2. The highest BCUT2D eigenvalue weighted by atomic mass is 19.1. The van der Waals surface area contributed by atoms with Crippen molar-refractivity contribution < 1.29 is 24.2 Å². The molecule has 3 aromatic carbocycles. The molecule has 66 heavy (non-hydrogen) atoms. The van der Waals surface area contributed by atoms with Crippen molar-refractivity contribution in [1.82, 2.24) is 9.47 Å². The first-order chi connectivity index (χ1) is 32.0. The zero-order valence-corrected chi connectivity index (χ0v) is 39.6. The number of amides is 2. The van der Waals surface area contributed by atoms with Crippen molar-refractivity contribution in [2.45, 2.75) is 123 Å². The Morgan fingerprint density at radius 2 is 1.24 bits per heavy atom. The SMILES string of the molecule is CC/C=C\C/C=C\C/C=C\C/C=C\C/C=C\C/C=C\CC(C)N(CCN)C(=O)C[C@H](O)C[C@H](O)CCn1c(-c2ccc(F)cc2)c(-c2ccccc2)c(C(=O)Nc2ccccc2)c1C(C)C. The summed E-state index contributed by atoms with van der Waals surface area (Å²) >= 11 is 0. The topological polar surface area (TPSA) is 121 Å². The number of hydrogen-bond donors (Lipinski definition) is 4. The fraction of sp³-hybridized carbons (Fsp3) is 0.368. The molecule has 0 spiro atoms. The summed E-state index contributed by atoms with van der Waals surface area (Å²) < 4.78 is 16.4. The molecule has 1 heterocycles. The molecule has 5 N–H and O–H groups in total. The fourth-order valence-electron chi connectivity index (χ4n) is 7.99. The summed E-state index contributed by atoms with van der Waals surface area (Å²) in [5.74, 6) is -0.998. The molecule has 0 aliphatic heterocycles. The van der Waals surface area contributed by atoms with Crippen LogP contribution >= 0.6 is 0 Å². The summed E-state index contributed by atoms with van der Waals surface area (Å²) in [6, 6.07) is 25.0. The minimum absolute atomic E-state index is 0.0131. The summed E-state index contributed by atoms with van der Waals surface area (Å²) in [5.41, 5.74) is 10.8. The van der Waals surface area contributed by atoms with Gasteiger partial charge in [-0.25, -0.2) is 4.39 Å². The number of hydrogen-bond acceptors (Lipinski definition) is 5. The summed E-state index contributed by atoms with van der Waals surface area (Å²) in [7, 11) is 0. The van der Waals surface area contributed by atoms with Gasteiger partial charge in [0.15, 0.2) is 0 Å². The molecule has 4 rings (SSSR count). The number of nitrogens with two attached hydrogens (primary N) is 1. The highest BCUT2D eigenvalue weighted by Crippen LogP contribution is 2.42. The first kappa shape index (κ1) is 52.8. The Morgan fingerprint density at radius 1 is 0.712 bits per heavy atom. The Kier molecular flexibility index (Phi) is 23.7. The van der Waals surface area contributed by atoms with E-state index in [0.29, 0.717) is 48.4 Å². The van der Waals surface area contributed by atoms with Crippen molar-refractivity contribution >= 4 is 17.5 Å². The second kappa shape index (κ2) is 29.6. The number of nitrogens with one attached hydrogen (secondary N) is 1. The standard InChI is InChI=1S/C57H73FN4O4/c1-5-6-7-8-9-10-11-12-13-14-15-16-17-18-19-20-21-24-29-45(4)61(41-39-59)52(65)43-51(64)42-50(63)38-40-62-55(44(2)3)54(57(66)60-49-32-27-23-28-33-49)53(46-30-25-22-26-31-46)56(62)47-34-36-48(58)37-35-47/h6-7,9-10,12-13,15-16,18-19,21-28,30-37,44-45,50-51,63-64H,5,8,11,14,17,20,29,38-43,59H2,1-4H3,(H,60,66)/b7-6-,10-9-,13-12-,16-15-,19-18-,24-21-/t45?,50-,51-/m1/s1. The van der Waals surface area contributed by atoms with E-state index in [4.69, 9.17) is 5.73 Å². The van der Waals surface area contributed by atoms with Gasteiger partial charge in [-0.15, -0.1) is 0 Å². The van der Waals surface area contributed by atoms with E-state index in [1.54, 1.807) is 17.0 Å². The first-order valence-electron chi connectivity index (χ1n) is 23.7. The molecule has 3 atom stereocenters. The second-order valence-electron chi connectivity index (χ2n) is 16.9. The molecule has 0 radical (unpaired) electrons. The van der Waals surface area contributed by atoms with E-state index in [1.165, 1.54) is 12.1 Å². The summed E-state index contributed by atoms with van der Waals surface area (Å²) in [6.45, 7) is 9.12. The molecule has 8 nitrogen and oxygen atoms in total. The van der Waals surface area contributed by atoms with Crippen molar-refractivity contribution in [2.75, 3.05) is 18.4 Å². The van der Waals surface area contributed by atoms with Crippen LogP contribution in [0.3, 0.4) is 0 Å². The maximum atomic E-state index is 14.4. The van der Waals surface area contributed by atoms with Crippen LogP contribution < -0.4 is 11.1 Å². The lowest BCUT2D eigenvalue weighted by Crippen LogP contribution is -2.43. The molecule has 1 aromatic heterocycles. The molecular weight excluding hydrogens is 824 g/mol. The molecule has 2 amide bonds. The van der Waals surface area contributed by atoms with Gasteiger partial charge in [-0.3, -0.25) is 9.59 Å². The van der Waals surface area contributed by atoms with Crippen molar-refractivity contribution in [3.63, 3.8) is 0 Å². The minimum atomic E-state index is -1.08. The van der Waals surface area contributed by atoms with Crippen LogP contribution in [0.5, 0.6) is 0 Å². The monoisotopic (exact) mass is 897 g/mol. The van der Waals surface area contributed by atoms with E-state index < -0.39 is 12.2 Å². The van der Waals surface area contributed by atoms with Gasteiger partial charge in [-0.1, -0.05) is 142 Å². The van der Waals surface area contributed by atoms with E-state index in [-0.39, 0.29) is 48.9 Å². The third-order valence-electron chi connectivity index (χ3n) is 11.2. The summed E-state index contributed by atoms with van der Waals surface area (Å²) in [5, 5.41) is 25.7. The van der Waals surface area contributed by atoms with Crippen LogP contribution in [0.4, 0.5) is 10.1 Å². The van der Waals surface area contributed by atoms with Crippen LogP contribution in [0.1, 0.15) is 114 Å². The minimum Gasteiger partial charge on any atom is -0.393 e. The van der Waals surface area contributed by atoms with Crippen LogP contribution in [0.25, 0.3) is 22.4 Å². The average molecular weight is 897 g/mol. The second-order valence-corrected chi connectivity index (χ2v) is 16.9. The number of para-hydroxylation sites is 1. The number of aromatic nitrogens is 1. The first-order valence-corrected chi connectivity index (χ1v) is 23.7. The van der Waals surface area contributed by atoms with Gasteiger partial charge in [0.2, 0.25) is 5.91 Å². The highest BCUT2D eigenvalue weighted by Gasteiger charge is 2.31. The molecule has 0 aliphatic carbocycles. The third kappa shape index (κ3) is 17.5. The number of carbonyl (C=O) groups excluding carboxylic acids is 2. The predicted molar refractivity (Wildman–Crippen MR) is 273 cm³/mol. The fourth-order valence-corrected chi connectivity index (χ4v) is 7.99. The third-order valence-corrected chi connectivity index (χ3v) is 11.2. The van der Waals surface area contributed by atoms with Crippen molar-refractivity contribution in [1.29, 1.82) is 0 Å². The van der Waals surface area contributed by atoms with Gasteiger partial charge < -0.3 is 30.7 Å². The lowest BCUT2D eigenvalue weighted by Gasteiger charge is -2.29. The van der Waals surface area contributed by atoms with Crippen molar-refractivity contribution in [2.24, 2.45) is 5.73 Å². The van der Waals surface area contributed by atoms with Gasteiger partial charge in [0.05, 0.1) is 29.9 Å². The maximum Gasteiger partial charge on any atom is 0.258 e. The van der Waals surface area contributed by atoms with E-state index in [9.17, 15) is 24.2 Å². The zero-order chi connectivity index (χ0) is 47.5. The Balaban J connectivity index is 1.37. The van der Waals surface area contributed by atoms with Gasteiger partial charge in [-0.2, -0.15) is 0 Å². The van der Waals surface area contributed by atoms with Crippen LogP contribution in [0.2, 0.25) is 0 Å². The molecule has 9 heteroatoms. The number of nitrogens with zero attached hydrogens (tertiary/aromatic N) is 2. The number of anilines is 1. The molecule has 1 unspecified atom stereocenters. The molecule has 0 fully saturated rings. The van der Waals surface area contributed by atoms with Crippen LogP contribution in [-0.2, 0) is 11.3 Å². The van der Waals surface area contributed by atoms with Gasteiger partial charge in [-0.05, 0) is 118 Å². The normalized spacial score (nSPS) is 13.7. The molecular formula is C57H73FN4O4. The zero-order valence-electron chi connectivity index (χ0n) is 39.6. The number of carbonyl (C=O) groups is 2. The Bertz CT molecular complexity index is 2220. The van der Waals surface area contributed by atoms with E-state index in [0.717, 1.165) is 55.5 Å². The van der Waals surface area contributed by atoms with E-state index in [2.05, 4.69) is 89.7 Å². The molecule has 0 saturated heterocycles.